The molecule has 24 heavy (non-hydrogen) atoms. The quantitative estimate of drug-likeness (QED) is 0.385. The fraction of sp³-hybridized carbons (Fsp3) is 0.500. The molecule has 1 heterocycles. The highest BCUT2D eigenvalue weighted by Gasteiger charge is 2.41. The molecule has 1 N–H and O–H groups in total. The standard InChI is InChI=1S/C20H24O4/c21-18(15-11-5-2-6-12-15)17-19(22)16(24-20(17)23)13-7-10-14-8-3-1-4-9-14/h1,3-4,8-9,15-16,21H,2,5-7,10-13H2. The van der Waals surface area contributed by atoms with Crippen molar-refractivity contribution in [1.29, 1.82) is 0 Å². The van der Waals surface area contributed by atoms with E-state index in [9.17, 15) is 14.7 Å². The van der Waals surface area contributed by atoms with Gasteiger partial charge in [0.1, 0.15) is 11.3 Å². The maximum atomic E-state index is 12.5. The Labute approximate surface area is 142 Å². The highest BCUT2D eigenvalue weighted by atomic mass is 16.6. The van der Waals surface area contributed by atoms with Gasteiger partial charge in [-0.2, -0.15) is 0 Å². The third-order valence-electron chi connectivity index (χ3n) is 5.01. The summed E-state index contributed by atoms with van der Waals surface area (Å²) in [5.41, 5.74) is 1.11. The number of ketones is 1. The predicted octanol–water partition coefficient (Wildman–Crippen LogP) is 3.90. The molecule has 0 amide bonds. The van der Waals surface area contributed by atoms with Crippen molar-refractivity contribution >= 4 is 11.8 Å². The predicted molar refractivity (Wildman–Crippen MR) is 90.5 cm³/mol. The summed E-state index contributed by atoms with van der Waals surface area (Å²) in [5.74, 6) is -1.08. The first-order valence-corrected chi connectivity index (χ1v) is 8.89. The van der Waals surface area contributed by atoms with Crippen LogP contribution in [-0.4, -0.2) is 23.0 Å². The largest absolute Gasteiger partial charge is 0.511 e. The van der Waals surface area contributed by atoms with Crippen LogP contribution in [-0.2, 0) is 20.7 Å². The van der Waals surface area contributed by atoms with Crippen LogP contribution in [0.1, 0.15) is 50.5 Å². The van der Waals surface area contributed by atoms with E-state index in [0.29, 0.717) is 6.42 Å². The molecule has 0 aromatic heterocycles. The van der Waals surface area contributed by atoms with Crippen LogP contribution in [0.25, 0.3) is 0 Å². The molecule has 1 aromatic rings. The minimum absolute atomic E-state index is 0.0322. The van der Waals surface area contributed by atoms with Gasteiger partial charge in [-0.3, -0.25) is 4.79 Å². The van der Waals surface area contributed by atoms with E-state index >= 15 is 0 Å². The van der Waals surface area contributed by atoms with Crippen LogP contribution < -0.4 is 0 Å². The lowest BCUT2D eigenvalue weighted by atomic mass is 9.85. The summed E-state index contributed by atoms with van der Waals surface area (Å²) >= 11 is 0. The normalized spacial score (nSPS) is 24.1. The van der Waals surface area contributed by atoms with Gasteiger partial charge in [0.2, 0.25) is 5.78 Å². The second-order valence-electron chi connectivity index (χ2n) is 6.73. The number of hydrogen-bond donors (Lipinski definition) is 1. The number of carbonyl (C=O) groups excluding carboxylic acids is 2. The van der Waals surface area contributed by atoms with Crippen molar-refractivity contribution in [2.24, 2.45) is 5.92 Å². The van der Waals surface area contributed by atoms with Crippen molar-refractivity contribution in [3.63, 3.8) is 0 Å². The fourth-order valence-corrected chi connectivity index (χ4v) is 3.64. The molecular weight excluding hydrogens is 304 g/mol. The lowest BCUT2D eigenvalue weighted by molar-refractivity contribution is -0.141. The van der Waals surface area contributed by atoms with Crippen molar-refractivity contribution in [3.05, 3.63) is 47.2 Å². The van der Waals surface area contributed by atoms with Crippen LogP contribution in [0.5, 0.6) is 0 Å². The van der Waals surface area contributed by atoms with Crippen LogP contribution >= 0.6 is 0 Å². The van der Waals surface area contributed by atoms with Gasteiger partial charge in [-0.05, 0) is 37.7 Å². The van der Waals surface area contributed by atoms with Gasteiger partial charge in [-0.1, -0.05) is 49.6 Å². The molecule has 3 rings (SSSR count). The van der Waals surface area contributed by atoms with Gasteiger partial charge in [-0.15, -0.1) is 0 Å². The van der Waals surface area contributed by atoms with Crippen LogP contribution in [0.2, 0.25) is 0 Å². The monoisotopic (exact) mass is 328 g/mol. The molecule has 128 valence electrons. The van der Waals surface area contributed by atoms with Crippen molar-refractivity contribution in [1.82, 2.24) is 0 Å². The molecule has 4 heteroatoms. The maximum absolute atomic E-state index is 12.5. The van der Waals surface area contributed by atoms with E-state index in [-0.39, 0.29) is 23.0 Å². The van der Waals surface area contributed by atoms with E-state index in [4.69, 9.17) is 4.74 Å². The van der Waals surface area contributed by atoms with Gasteiger partial charge in [0.15, 0.2) is 6.10 Å². The summed E-state index contributed by atoms with van der Waals surface area (Å²) in [6.07, 6.45) is 6.28. The Kier molecular flexibility index (Phi) is 5.34. The van der Waals surface area contributed by atoms with Crippen molar-refractivity contribution in [2.75, 3.05) is 0 Å². The highest BCUT2D eigenvalue weighted by Crippen LogP contribution is 2.33. The smallest absolute Gasteiger partial charge is 0.346 e. The maximum Gasteiger partial charge on any atom is 0.346 e. The fourth-order valence-electron chi connectivity index (χ4n) is 3.64. The van der Waals surface area contributed by atoms with Gasteiger partial charge in [0.05, 0.1) is 0 Å². The Morgan fingerprint density at radius 2 is 1.79 bits per heavy atom. The van der Waals surface area contributed by atoms with Gasteiger partial charge in [0, 0.05) is 5.92 Å². The zero-order valence-corrected chi connectivity index (χ0v) is 13.9. The molecule has 0 spiro atoms. The Morgan fingerprint density at radius 3 is 2.50 bits per heavy atom. The average Bonchev–Trinajstić information content (AvgIpc) is 2.90. The number of carbonyl (C=O) groups is 2. The Balaban J connectivity index is 1.61. The highest BCUT2D eigenvalue weighted by molar-refractivity contribution is 6.23. The molecule has 1 saturated heterocycles. The molecule has 2 aliphatic rings. The second-order valence-corrected chi connectivity index (χ2v) is 6.73. The number of aliphatic hydroxyl groups excluding tert-OH is 1. The number of ether oxygens (including phenoxy) is 1. The Morgan fingerprint density at radius 1 is 1.08 bits per heavy atom. The third-order valence-corrected chi connectivity index (χ3v) is 5.01. The summed E-state index contributed by atoms with van der Waals surface area (Å²) < 4.78 is 5.23. The number of Topliss-reactive ketones (excluding diaryl/α,β-unsaturated/α-hetero) is 1. The molecule has 0 bridgehead atoms. The summed E-state index contributed by atoms with van der Waals surface area (Å²) in [7, 11) is 0. The Hall–Kier alpha value is -2.10. The summed E-state index contributed by atoms with van der Waals surface area (Å²) in [4.78, 5) is 24.5. The van der Waals surface area contributed by atoms with Crippen molar-refractivity contribution < 1.29 is 19.4 Å². The number of rotatable bonds is 5. The molecule has 1 aromatic carbocycles. The molecule has 1 unspecified atom stereocenters. The molecule has 1 saturated carbocycles. The van der Waals surface area contributed by atoms with Crippen LogP contribution in [0.15, 0.2) is 41.7 Å². The number of hydrogen-bond acceptors (Lipinski definition) is 4. The molecule has 1 aliphatic carbocycles. The summed E-state index contributed by atoms with van der Waals surface area (Å²) in [6, 6.07) is 10.0. The molecule has 1 aliphatic heterocycles. The number of cyclic esters (lactones) is 1. The van der Waals surface area contributed by atoms with E-state index in [0.717, 1.165) is 44.9 Å². The SMILES string of the molecule is O=C1OC(CCCc2ccccc2)C(=O)C1=C(O)C1CCCCC1. The number of aryl methyl sites for hydroxylation is 1. The zero-order valence-electron chi connectivity index (χ0n) is 13.9. The van der Waals surface area contributed by atoms with Gasteiger partial charge in [0.25, 0.3) is 0 Å². The van der Waals surface area contributed by atoms with Crippen LogP contribution in [0.3, 0.4) is 0 Å². The van der Waals surface area contributed by atoms with Gasteiger partial charge < -0.3 is 9.84 Å². The first-order chi connectivity index (χ1) is 11.7. The number of esters is 1. The minimum Gasteiger partial charge on any atom is -0.511 e. The molecular formula is C20H24O4. The third kappa shape index (κ3) is 3.69. The Bertz CT molecular complexity index is 626. The first kappa shape index (κ1) is 16.7. The number of benzene rings is 1. The van der Waals surface area contributed by atoms with Crippen molar-refractivity contribution in [2.45, 2.75) is 57.5 Å². The molecule has 2 fully saturated rings. The minimum atomic E-state index is -0.734. The van der Waals surface area contributed by atoms with E-state index in [2.05, 4.69) is 0 Å². The van der Waals surface area contributed by atoms with Gasteiger partial charge in [-0.25, -0.2) is 4.79 Å². The summed E-state index contributed by atoms with van der Waals surface area (Å²) in [5, 5.41) is 10.4. The second kappa shape index (κ2) is 7.65. The molecule has 1 atom stereocenters. The van der Waals surface area contributed by atoms with Crippen LogP contribution in [0, 0.1) is 5.92 Å². The van der Waals surface area contributed by atoms with E-state index in [1.54, 1.807) is 0 Å². The van der Waals surface area contributed by atoms with Gasteiger partial charge >= 0.3 is 5.97 Å². The topological polar surface area (TPSA) is 63.6 Å². The lowest BCUT2D eigenvalue weighted by Gasteiger charge is -2.21. The van der Waals surface area contributed by atoms with E-state index in [1.165, 1.54) is 5.56 Å². The number of aliphatic hydroxyl groups is 1. The van der Waals surface area contributed by atoms with Crippen molar-refractivity contribution in [3.8, 4) is 0 Å². The molecule has 4 nitrogen and oxygen atoms in total. The van der Waals surface area contributed by atoms with E-state index in [1.807, 2.05) is 30.3 Å². The zero-order chi connectivity index (χ0) is 16.9. The molecule has 0 radical (unpaired) electrons. The van der Waals surface area contributed by atoms with Crippen LogP contribution in [0.4, 0.5) is 0 Å². The lowest BCUT2D eigenvalue weighted by Crippen LogP contribution is -2.19. The number of allylic oxidation sites excluding steroid dienone is 1. The summed E-state index contributed by atoms with van der Waals surface area (Å²) in [6.45, 7) is 0. The van der Waals surface area contributed by atoms with E-state index < -0.39 is 12.1 Å². The first-order valence-electron chi connectivity index (χ1n) is 8.89. The average molecular weight is 328 g/mol.